The van der Waals surface area contributed by atoms with Crippen LogP contribution in [0, 0.1) is 0 Å². The van der Waals surface area contributed by atoms with Gasteiger partial charge in [0.15, 0.2) is 0 Å². The lowest BCUT2D eigenvalue weighted by atomic mass is 9.98. The standard InChI is InChI=1S/C14H16/c1-2-5-11-9-13-7-4-8-14(13)10-12(11)6-3-1/h2,5,9-10H,1,3-4,6-8H2. The normalized spacial score (nSPS) is 18.9. The van der Waals surface area contributed by atoms with Gasteiger partial charge in [0.1, 0.15) is 0 Å². The number of allylic oxidation sites excluding steroid dienone is 1. The average molecular weight is 184 g/mol. The van der Waals surface area contributed by atoms with Gasteiger partial charge in [-0.15, -0.1) is 0 Å². The molecule has 3 rings (SSSR count). The first-order valence-corrected chi connectivity index (χ1v) is 5.75. The summed E-state index contributed by atoms with van der Waals surface area (Å²) in [6.07, 6.45) is 12.5. The molecule has 1 aromatic carbocycles. The molecule has 2 aliphatic carbocycles. The summed E-state index contributed by atoms with van der Waals surface area (Å²) in [4.78, 5) is 0. The number of aryl methyl sites for hydroxylation is 3. The summed E-state index contributed by atoms with van der Waals surface area (Å²) in [6, 6.07) is 4.90. The second-order valence-corrected chi connectivity index (χ2v) is 4.47. The quantitative estimate of drug-likeness (QED) is 0.578. The maximum Gasteiger partial charge on any atom is -0.0225 e. The van der Waals surface area contributed by atoms with Crippen LogP contribution in [0.5, 0.6) is 0 Å². The molecule has 0 nitrogen and oxygen atoms in total. The Morgan fingerprint density at radius 3 is 2.50 bits per heavy atom. The van der Waals surface area contributed by atoms with E-state index in [1.54, 1.807) is 16.7 Å². The number of hydrogen-bond acceptors (Lipinski definition) is 0. The highest BCUT2D eigenvalue weighted by atomic mass is 14.2. The summed E-state index contributed by atoms with van der Waals surface area (Å²) >= 11 is 0. The zero-order valence-corrected chi connectivity index (χ0v) is 8.55. The minimum Gasteiger partial charge on any atom is -0.0839 e. The highest BCUT2D eigenvalue weighted by Gasteiger charge is 2.14. The van der Waals surface area contributed by atoms with Gasteiger partial charge in [-0.25, -0.2) is 0 Å². The van der Waals surface area contributed by atoms with E-state index in [4.69, 9.17) is 0 Å². The van der Waals surface area contributed by atoms with Gasteiger partial charge in [-0.3, -0.25) is 0 Å². The Bertz CT molecular complexity index is 385. The molecule has 0 N–H and O–H groups in total. The van der Waals surface area contributed by atoms with Gasteiger partial charge in [0, 0.05) is 0 Å². The summed E-state index contributed by atoms with van der Waals surface area (Å²) in [5.74, 6) is 0. The Balaban J connectivity index is 2.13. The van der Waals surface area contributed by atoms with Gasteiger partial charge >= 0.3 is 0 Å². The molecule has 0 bridgehead atoms. The van der Waals surface area contributed by atoms with E-state index in [2.05, 4.69) is 24.3 Å². The predicted molar refractivity (Wildman–Crippen MR) is 60.4 cm³/mol. The Morgan fingerprint density at radius 2 is 1.57 bits per heavy atom. The van der Waals surface area contributed by atoms with Crippen molar-refractivity contribution < 1.29 is 0 Å². The van der Waals surface area contributed by atoms with Gasteiger partial charge in [-0.1, -0.05) is 24.3 Å². The molecule has 0 atom stereocenters. The molecule has 0 heteroatoms. The topological polar surface area (TPSA) is 0 Å². The van der Waals surface area contributed by atoms with Gasteiger partial charge in [0.2, 0.25) is 0 Å². The van der Waals surface area contributed by atoms with Crippen LogP contribution in [0.15, 0.2) is 18.2 Å². The monoisotopic (exact) mass is 184 g/mol. The first kappa shape index (κ1) is 8.28. The van der Waals surface area contributed by atoms with Gasteiger partial charge in [0.25, 0.3) is 0 Å². The van der Waals surface area contributed by atoms with Crippen molar-refractivity contribution in [3.8, 4) is 0 Å². The smallest absolute Gasteiger partial charge is 0.0225 e. The highest BCUT2D eigenvalue weighted by molar-refractivity contribution is 5.58. The molecular formula is C14H16. The van der Waals surface area contributed by atoms with Crippen LogP contribution >= 0.6 is 0 Å². The molecule has 0 radical (unpaired) electrons. The van der Waals surface area contributed by atoms with Crippen molar-refractivity contribution in [3.05, 3.63) is 40.5 Å². The number of rotatable bonds is 0. The van der Waals surface area contributed by atoms with E-state index in [0.717, 1.165) is 0 Å². The molecule has 0 aliphatic heterocycles. The van der Waals surface area contributed by atoms with Crippen molar-refractivity contribution in [3.63, 3.8) is 0 Å². The molecular weight excluding hydrogens is 168 g/mol. The second-order valence-electron chi connectivity index (χ2n) is 4.47. The average Bonchev–Trinajstić information content (AvgIpc) is 2.51. The Kier molecular flexibility index (Phi) is 1.93. The fourth-order valence-corrected chi connectivity index (χ4v) is 2.69. The lowest BCUT2D eigenvalue weighted by Gasteiger charge is -2.07. The summed E-state index contributed by atoms with van der Waals surface area (Å²) in [6.45, 7) is 0. The van der Waals surface area contributed by atoms with E-state index in [1.807, 2.05) is 0 Å². The number of benzene rings is 1. The van der Waals surface area contributed by atoms with E-state index in [0.29, 0.717) is 0 Å². The Labute approximate surface area is 85.6 Å². The molecule has 0 aromatic heterocycles. The van der Waals surface area contributed by atoms with Crippen LogP contribution in [-0.2, 0) is 19.3 Å². The molecule has 0 heterocycles. The van der Waals surface area contributed by atoms with Gasteiger partial charge in [-0.2, -0.15) is 0 Å². The van der Waals surface area contributed by atoms with E-state index < -0.39 is 0 Å². The molecule has 0 unspecified atom stereocenters. The first-order valence-electron chi connectivity index (χ1n) is 5.75. The maximum absolute atomic E-state index is 2.47. The van der Waals surface area contributed by atoms with Crippen LogP contribution in [0.4, 0.5) is 0 Å². The zero-order chi connectivity index (χ0) is 9.38. The van der Waals surface area contributed by atoms with Gasteiger partial charge < -0.3 is 0 Å². The zero-order valence-electron chi connectivity index (χ0n) is 8.55. The third-order valence-electron chi connectivity index (χ3n) is 3.47. The van der Waals surface area contributed by atoms with Crippen LogP contribution in [0.25, 0.3) is 6.08 Å². The third kappa shape index (κ3) is 1.30. The van der Waals surface area contributed by atoms with Gasteiger partial charge in [-0.05, 0) is 60.8 Å². The summed E-state index contributed by atoms with van der Waals surface area (Å²) in [5, 5.41) is 0. The Hall–Kier alpha value is -1.04. The predicted octanol–water partition coefficient (Wildman–Crippen LogP) is 3.52. The van der Waals surface area contributed by atoms with Crippen molar-refractivity contribution in [2.45, 2.75) is 38.5 Å². The van der Waals surface area contributed by atoms with E-state index in [1.165, 1.54) is 44.1 Å². The second kappa shape index (κ2) is 3.27. The van der Waals surface area contributed by atoms with E-state index in [-0.39, 0.29) is 0 Å². The van der Waals surface area contributed by atoms with Crippen LogP contribution < -0.4 is 0 Å². The van der Waals surface area contributed by atoms with Crippen molar-refractivity contribution in [2.75, 3.05) is 0 Å². The lowest BCUT2D eigenvalue weighted by molar-refractivity contribution is 0.849. The van der Waals surface area contributed by atoms with Crippen LogP contribution in [0.3, 0.4) is 0 Å². The molecule has 0 saturated heterocycles. The van der Waals surface area contributed by atoms with Crippen molar-refractivity contribution in [1.82, 2.24) is 0 Å². The van der Waals surface area contributed by atoms with E-state index >= 15 is 0 Å². The van der Waals surface area contributed by atoms with Crippen LogP contribution in [-0.4, -0.2) is 0 Å². The highest BCUT2D eigenvalue weighted by Crippen LogP contribution is 2.28. The van der Waals surface area contributed by atoms with Crippen LogP contribution in [0.2, 0.25) is 0 Å². The van der Waals surface area contributed by atoms with Crippen molar-refractivity contribution in [2.24, 2.45) is 0 Å². The molecule has 0 spiro atoms. The molecule has 72 valence electrons. The first-order chi connectivity index (χ1) is 6.93. The van der Waals surface area contributed by atoms with Crippen LogP contribution in [0.1, 0.15) is 41.5 Å². The SMILES string of the molecule is C1=Cc2cc3c(cc2CCC1)CCC3. The lowest BCUT2D eigenvalue weighted by Crippen LogP contribution is -1.92. The minimum atomic E-state index is 1.25. The Morgan fingerprint density at radius 1 is 0.786 bits per heavy atom. The fourth-order valence-electron chi connectivity index (χ4n) is 2.69. The number of fused-ring (bicyclic) bond motifs is 2. The van der Waals surface area contributed by atoms with Gasteiger partial charge in [0.05, 0.1) is 0 Å². The van der Waals surface area contributed by atoms with Crippen molar-refractivity contribution in [1.29, 1.82) is 0 Å². The molecule has 1 aromatic rings. The molecule has 0 amide bonds. The molecule has 0 fully saturated rings. The largest absolute Gasteiger partial charge is 0.0839 e. The summed E-state index contributed by atoms with van der Waals surface area (Å²) < 4.78 is 0. The van der Waals surface area contributed by atoms with E-state index in [9.17, 15) is 0 Å². The summed E-state index contributed by atoms with van der Waals surface area (Å²) in [7, 11) is 0. The molecule has 14 heavy (non-hydrogen) atoms. The number of hydrogen-bond donors (Lipinski definition) is 0. The summed E-state index contributed by atoms with van der Waals surface area (Å²) in [5.41, 5.74) is 6.30. The van der Waals surface area contributed by atoms with Crippen molar-refractivity contribution >= 4 is 6.08 Å². The minimum absolute atomic E-state index is 1.25. The fraction of sp³-hybridized carbons (Fsp3) is 0.429. The maximum atomic E-state index is 2.47. The molecule has 2 aliphatic rings. The molecule has 0 saturated carbocycles. The third-order valence-corrected chi connectivity index (χ3v) is 3.47.